The van der Waals surface area contributed by atoms with Gasteiger partial charge in [0.15, 0.2) is 0 Å². The fourth-order valence-corrected chi connectivity index (χ4v) is 0. The van der Waals surface area contributed by atoms with Gasteiger partial charge in [-0.25, -0.2) is 0 Å². The third kappa shape index (κ3) is 228. The third-order valence-corrected chi connectivity index (χ3v) is 0. The van der Waals surface area contributed by atoms with E-state index in [1.165, 1.54) is 0 Å². The molecule has 0 saturated carbocycles. The smallest absolute Gasteiger partial charge is 0.894 e. The largest absolute Gasteiger partial charge is 3.00 e. The van der Waals surface area contributed by atoms with E-state index in [9.17, 15) is 0 Å². The molecule has 0 aromatic carbocycles. The molecule has 0 heterocycles. The van der Waals surface area contributed by atoms with E-state index in [1.54, 1.807) is 0 Å². The molecule has 0 atom stereocenters. The van der Waals surface area contributed by atoms with Crippen molar-refractivity contribution >= 4 is 26.4 Å². The molecule has 0 bridgehead atoms. The minimum absolute atomic E-state index is 0. The van der Waals surface area contributed by atoms with Gasteiger partial charge in [0.25, 0.3) is 0 Å². The van der Waals surface area contributed by atoms with E-state index in [2.05, 4.69) is 0 Å². The zero-order chi connectivity index (χ0) is 4.50. The van der Waals surface area contributed by atoms with Gasteiger partial charge in [0.2, 0.25) is 0 Å². The maximum absolute atomic E-state index is 8.58. The first-order valence-corrected chi connectivity index (χ1v) is 2.45. The van der Waals surface area contributed by atoms with E-state index in [1.807, 2.05) is 0 Å². The topological polar surface area (TPSA) is 122 Å². The van der Waals surface area contributed by atoms with Crippen LogP contribution in [-0.4, -0.2) is 31.9 Å². The monoisotopic (exact) mass is 192 g/mol. The molecule has 0 radical (unpaired) electrons. The second-order valence-corrected chi connectivity index (χ2v) is 1.50. The van der Waals surface area contributed by atoms with Gasteiger partial charge < -0.3 is 33.7 Å². The Balaban J connectivity index is -0.0000000267. The van der Waals surface area contributed by atoms with Crippen LogP contribution in [0.3, 0.4) is 0 Å². The van der Waals surface area contributed by atoms with Crippen LogP contribution in [0.15, 0.2) is 0 Å². The van der Waals surface area contributed by atoms with Gasteiger partial charge in [-0.2, -0.15) is 0 Å². The van der Waals surface area contributed by atoms with E-state index in [0.29, 0.717) is 0 Å². The first kappa shape index (κ1) is 23.0. The average Bonchev–Trinajstić information content (AvgIpc) is 0.722. The molecule has 0 rings (SSSR count). The summed E-state index contributed by atoms with van der Waals surface area (Å²) < 4.78 is 0. The molecule has 0 aliphatic carbocycles. The summed E-state index contributed by atoms with van der Waals surface area (Å²) >= 11 is 0. The Hall–Kier alpha value is 1.07. The van der Waals surface area contributed by atoms with Crippen molar-refractivity contribution in [3.8, 4) is 0 Å². The molecule has 0 aliphatic rings. The number of rotatable bonds is 0. The van der Waals surface area contributed by atoms with Gasteiger partial charge in [0, 0.05) is 0 Å². The molecule has 0 aromatic rings. The molecule has 0 spiro atoms. The molecular formula is HAlFeO5Si. The summed E-state index contributed by atoms with van der Waals surface area (Å²) in [6, 6.07) is 0. The van der Waals surface area contributed by atoms with Crippen LogP contribution in [0.25, 0.3) is 0 Å². The SMILES string of the molecule is [Al+3].[Fe+2].[O-][Si]([O-])([O-])[O-].[OH-]. The van der Waals surface area contributed by atoms with Crippen molar-refractivity contribution in [2.24, 2.45) is 0 Å². The van der Waals surface area contributed by atoms with Crippen LogP contribution in [0, 0.1) is 0 Å². The Morgan fingerprint density at radius 3 is 0.875 bits per heavy atom. The minimum atomic E-state index is -5.61. The molecule has 0 unspecified atom stereocenters. The summed E-state index contributed by atoms with van der Waals surface area (Å²) in [5, 5.41) is 0. The van der Waals surface area contributed by atoms with Crippen LogP contribution in [0.1, 0.15) is 0 Å². The average molecular weight is 192 g/mol. The maximum Gasteiger partial charge on any atom is 3.00 e. The van der Waals surface area contributed by atoms with Crippen LogP contribution in [-0.2, 0) is 17.1 Å². The van der Waals surface area contributed by atoms with Crippen molar-refractivity contribution in [1.82, 2.24) is 0 Å². The normalized spacial score (nSPS) is 7.50. The molecule has 0 amide bonds. The van der Waals surface area contributed by atoms with Gasteiger partial charge >= 0.3 is 34.4 Å². The van der Waals surface area contributed by atoms with E-state index < -0.39 is 9.05 Å². The Labute approximate surface area is 68.4 Å². The zero-order valence-electron chi connectivity index (χ0n) is 3.51. The second-order valence-electron chi connectivity index (χ2n) is 0.500. The molecular weight excluding hydrogens is 191 g/mol. The predicted octanol–water partition coefficient (Wildman–Crippen LogP) is -5.70. The number of hydrogen-bond acceptors (Lipinski definition) is 5. The quantitative estimate of drug-likeness (QED) is 0.354. The van der Waals surface area contributed by atoms with Gasteiger partial charge in [-0.05, 0) is 0 Å². The Bertz CT molecular complexity index is 27.9. The van der Waals surface area contributed by atoms with Crippen LogP contribution in [0.2, 0.25) is 0 Å². The molecule has 0 fully saturated rings. The fraction of sp³-hybridized carbons (Fsp3) is 0. The molecule has 1 N–H and O–H groups in total. The van der Waals surface area contributed by atoms with Crippen molar-refractivity contribution in [3.05, 3.63) is 0 Å². The molecule has 0 saturated heterocycles. The van der Waals surface area contributed by atoms with Crippen LogP contribution in [0.5, 0.6) is 0 Å². The second kappa shape index (κ2) is 8.07. The van der Waals surface area contributed by atoms with Gasteiger partial charge in [-0.1, -0.05) is 0 Å². The zero-order valence-corrected chi connectivity index (χ0v) is 6.77. The Morgan fingerprint density at radius 2 is 0.875 bits per heavy atom. The fourth-order valence-electron chi connectivity index (χ4n) is 0. The number of hydrogen-bond donors (Lipinski definition) is 0. The van der Waals surface area contributed by atoms with E-state index in [4.69, 9.17) is 19.2 Å². The van der Waals surface area contributed by atoms with Crippen molar-refractivity contribution in [3.63, 3.8) is 0 Å². The molecule has 5 nitrogen and oxygen atoms in total. The standard InChI is InChI=1S/Al.Fe.O4Si.H2O/c;;1-5(2,3)4;/h;;;1H2/q+3;+2;-4;/p-1. The Morgan fingerprint density at radius 1 is 0.875 bits per heavy atom. The molecule has 46 valence electrons. The van der Waals surface area contributed by atoms with E-state index in [0.717, 1.165) is 0 Å². The summed E-state index contributed by atoms with van der Waals surface area (Å²) in [5.41, 5.74) is 0. The van der Waals surface area contributed by atoms with Crippen molar-refractivity contribution in [1.29, 1.82) is 0 Å². The summed E-state index contributed by atoms with van der Waals surface area (Å²) in [6.07, 6.45) is 0. The first-order chi connectivity index (χ1) is 2.00. The van der Waals surface area contributed by atoms with Gasteiger partial charge in [-0.3, -0.25) is 0 Å². The van der Waals surface area contributed by atoms with Crippen LogP contribution < -0.4 is 19.2 Å². The third-order valence-electron chi connectivity index (χ3n) is 0. The maximum atomic E-state index is 8.58. The Kier molecular flexibility index (Phi) is 23.2. The summed E-state index contributed by atoms with van der Waals surface area (Å²) in [7, 11) is -5.61. The van der Waals surface area contributed by atoms with E-state index >= 15 is 0 Å². The summed E-state index contributed by atoms with van der Waals surface area (Å²) in [5.74, 6) is 0. The molecule has 0 aromatic heterocycles. The molecule has 0 aliphatic heterocycles. The summed E-state index contributed by atoms with van der Waals surface area (Å²) in [6.45, 7) is 0. The van der Waals surface area contributed by atoms with Gasteiger partial charge in [-0.15, -0.1) is 0 Å². The summed E-state index contributed by atoms with van der Waals surface area (Å²) in [4.78, 5) is 34.3. The molecule has 8 heteroatoms. The van der Waals surface area contributed by atoms with Crippen molar-refractivity contribution in [2.45, 2.75) is 0 Å². The van der Waals surface area contributed by atoms with Crippen LogP contribution in [0.4, 0.5) is 0 Å². The molecule has 8 heavy (non-hydrogen) atoms. The predicted molar refractivity (Wildman–Crippen MR) is 13.4 cm³/mol. The van der Waals surface area contributed by atoms with Crippen molar-refractivity contribution < 1.29 is 41.7 Å². The van der Waals surface area contributed by atoms with Crippen LogP contribution >= 0.6 is 0 Å². The van der Waals surface area contributed by atoms with E-state index in [-0.39, 0.29) is 39.9 Å². The first-order valence-electron chi connectivity index (χ1n) is 0.816. The minimum Gasteiger partial charge on any atom is -0.894 e. The van der Waals surface area contributed by atoms with Crippen molar-refractivity contribution in [2.75, 3.05) is 0 Å². The van der Waals surface area contributed by atoms with Gasteiger partial charge in [0.1, 0.15) is 0 Å². The van der Waals surface area contributed by atoms with Gasteiger partial charge in [0.05, 0.1) is 0 Å².